The zero-order valence-corrected chi connectivity index (χ0v) is 13.1. The summed E-state index contributed by atoms with van der Waals surface area (Å²) < 4.78 is 5.19. The Kier molecular flexibility index (Phi) is 4.53. The third-order valence-electron chi connectivity index (χ3n) is 2.93. The highest BCUT2D eigenvalue weighted by Gasteiger charge is 2.38. The van der Waals surface area contributed by atoms with E-state index in [1.54, 1.807) is 11.4 Å². The van der Waals surface area contributed by atoms with Gasteiger partial charge >= 0.3 is 12.1 Å². The lowest BCUT2D eigenvalue weighted by Crippen LogP contribution is -2.36. The summed E-state index contributed by atoms with van der Waals surface area (Å²) in [6.45, 7) is 6.08. The molecule has 1 aromatic rings. The average Bonchev–Trinajstić information content (AvgIpc) is 2.87. The molecule has 0 spiro atoms. The number of thiophene rings is 1. The Morgan fingerprint density at radius 2 is 2.14 bits per heavy atom. The molecule has 1 aromatic heterocycles. The lowest BCUT2D eigenvalue weighted by molar-refractivity contribution is 0.0521. The van der Waals surface area contributed by atoms with Crippen LogP contribution in [0.2, 0.25) is 0 Å². The van der Waals surface area contributed by atoms with E-state index in [2.05, 4.69) is 10.6 Å². The monoisotopic (exact) mass is 312 g/mol. The summed E-state index contributed by atoms with van der Waals surface area (Å²) in [4.78, 5) is 23.3. The minimum atomic E-state index is -0.909. The van der Waals surface area contributed by atoms with Crippen molar-refractivity contribution in [1.82, 2.24) is 10.6 Å². The van der Waals surface area contributed by atoms with E-state index in [0.717, 1.165) is 11.3 Å². The second-order valence-corrected chi connectivity index (χ2v) is 7.08. The molecule has 7 heteroatoms. The van der Waals surface area contributed by atoms with Crippen LogP contribution >= 0.6 is 11.3 Å². The second kappa shape index (κ2) is 6.03. The highest BCUT2D eigenvalue weighted by atomic mass is 32.1. The van der Waals surface area contributed by atoms with E-state index in [1.807, 2.05) is 20.8 Å². The standard InChI is InChI=1S/C14H20N2O4S/c1-14(2,3)20-13(19)16-11-5-10(11)15-6-9-4-8(7-21-9)12(17)18/h4,7,10-11,15H,5-6H2,1-3H3,(H,16,19)(H,17,18). The number of carbonyl (C=O) groups excluding carboxylic acids is 1. The molecule has 0 aromatic carbocycles. The Labute approximate surface area is 127 Å². The summed E-state index contributed by atoms with van der Waals surface area (Å²) in [5.41, 5.74) is -0.178. The molecule has 0 saturated heterocycles. The smallest absolute Gasteiger partial charge is 0.407 e. The van der Waals surface area contributed by atoms with Crippen molar-refractivity contribution in [2.24, 2.45) is 0 Å². The number of hydrogen-bond acceptors (Lipinski definition) is 5. The van der Waals surface area contributed by atoms with Crippen molar-refractivity contribution >= 4 is 23.4 Å². The van der Waals surface area contributed by atoms with Gasteiger partial charge in [0, 0.05) is 28.9 Å². The van der Waals surface area contributed by atoms with Gasteiger partial charge in [-0.2, -0.15) is 0 Å². The van der Waals surface area contributed by atoms with Gasteiger partial charge in [-0.25, -0.2) is 9.59 Å². The molecule has 3 N–H and O–H groups in total. The Hall–Kier alpha value is -1.60. The maximum absolute atomic E-state index is 11.6. The van der Waals surface area contributed by atoms with Gasteiger partial charge in [0.05, 0.1) is 5.56 Å². The number of nitrogens with one attached hydrogen (secondary N) is 2. The van der Waals surface area contributed by atoms with Crippen molar-refractivity contribution in [2.45, 2.75) is 51.4 Å². The van der Waals surface area contributed by atoms with Crippen LogP contribution in [0, 0.1) is 0 Å². The van der Waals surface area contributed by atoms with E-state index in [4.69, 9.17) is 9.84 Å². The molecule has 116 valence electrons. The fourth-order valence-corrected chi connectivity index (χ4v) is 2.67. The number of rotatable bonds is 5. The Morgan fingerprint density at radius 1 is 1.43 bits per heavy atom. The number of hydrogen-bond donors (Lipinski definition) is 3. The first-order valence-corrected chi connectivity index (χ1v) is 7.66. The summed E-state index contributed by atoms with van der Waals surface area (Å²) in [6, 6.07) is 1.96. The lowest BCUT2D eigenvalue weighted by atomic mass is 10.2. The number of ether oxygens (including phenoxy) is 1. The van der Waals surface area contributed by atoms with Gasteiger partial charge in [0.1, 0.15) is 5.60 Å². The summed E-state index contributed by atoms with van der Waals surface area (Å²) in [5, 5.41) is 16.6. The molecule has 6 nitrogen and oxygen atoms in total. The molecule has 1 fully saturated rings. The van der Waals surface area contributed by atoms with Crippen LogP contribution in [0.1, 0.15) is 42.4 Å². The van der Waals surface area contributed by atoms with Gasteiger partial charge in [-0.1, -0.05) is 0 Å². The van der Waals surface area contributed by atoms with Gasteiger partial charge in [-0.15, -0.1) is 11.3 Å². The molecule has 1 aliphatic rings. The molecule has 2 unspecified atom stereocenters. The van der Waals surface area contributed by atoms with Crippen LogP contribution in [-0.4, -0.2) is 34.9 Å². The lowest BCUT2D eigenvalue weighted by Gasteiger charge is -2.19. The first-order valence-electron chi connectivity index (χ1n) is 6.78. The summed E-state index contributed by atoms with van der Waals surface area (Å²) >= 11 is 1.42. The average molecular weight is 312 g/mol. The molecule has 1 amide bonds. The zero-order valence-electron chi connectivity index (χ0n) is 12.3. The molecule has 0 bridgehead atoms. The van der Waals surface area contributed by atoms with Crippen molar-refractivity contribution in [1.29, 1.82) is 0 Å². The van der Waals surface area contributed by atoms with Crippen LogP contribution in [0.4, 0.5) is 4.79 Å². The molecule has 1 heterocycles. The molecular weight excluding hydrogens is 292 g/mol. The Bertz CT molecular complexity index is 535. The summed E-state index contributed by atoms with van der Waals surface area (Å²) in [6.07, 6.45) is 0.456. The van der Waals surface area contributed by atoms with Crippen LogP contribution in [0.3, 0.4) is 0 Å². The van der Waals surface area contributed by atoms with E-state index in [0.29, 0.717) is 12.1 Å². The van der Waals surface area contributed by atoms with Crippen molar-refractivity contribution in [3.63, 3.8) is 0 Å². The minimum Gasteiger partial charge on any atom is -0.478 e. The fraction of sp³-hybridized carbons (Fsp3) is 0.571. The molecular formula is C14H20N2O4S. The third-order valence-corrected chi connectivity index (χ3v) is 3.87. The first-order chi connectivity index (χ1) is 9.74. The molecule has 2 atom stereocenters. The topological polar surface area (TPSA) is 87.7 Å². The van der Waals surface area contributed by atoms with Gasteiger partial charge in [0.2, 0.25) is 0 Å². The van der Waals surface area contributed by atoms with Crippen LogP contribution in [0.25, 0.3) is 0 Å². The van der Waals surface area contributed by atoms with Crippen LogP contribution in [0.5, 0.6) is 0 Å². The highest BCUT2D eigenvalue weighted by molar-refractivity contribution is 7.10. The van der Waals surface area contributed by atoms with Gasteiger partial charge in [0.25, 0.3) is 0 Å². The SMILES string of the molecule is CC(C)(C)OC(=O)NC1CC1NCc1cc(C(=O)O)cs1. The number of alkyl carbamates (subject to hydrolysis) is 1. The van der Waals surface area contributed by atoms with Crippen molar-refractivity contribution < 1.29 is 19.4 Å². The number of carboxylic acids is 1. The van der Waals surface area contributed by atoms with Crippen molar-refractivity contribution in [3.8, 4) is 0 Å². The van der Waals surface area contributed by atoms with Crippen molar-refractivity contribution in [2.75, 3.05) is 0 Å². The van der Waals surface area contributed by atoms with Gasteiger partial charge < -0.3 is 20.5 Å². The number of carbonyl (C=O) groups is 2. The maximum Gasteiger partial charge on any atom is 0.407 e. The molecule has 2 rings (SSSR count). The Morgan fingerprint density at radius 3 is 2.71 bits per heavy atom. The third kappa shape index (κ3) is 5.02. The second-order valence-electron chi connectivity index (χ2n) is 6.08. The van der Waals surface area contributed by atoms with Gasteiger partial charge in [0.15, 0.2) is 0 Å². The number of aromatic carboxylic acids is 1. The van der Waals surface area contributed by atoms with Gasteiger partial charge in [-0.3, -0.25) is 0 Å². The molecule has 0 radical (unpaired) electrons. The fourth-order valence-electron chi connectivity index (χ4n) is 1.86. The molecule has 0 aliphatic heterocycles. The Balaban J connectivity index is 1.70. The van der Waals surface area contributed by atoms with E-state index in [9.17, 15) is 9.59 Å². The number of amides is 1. The van der Waals surface area contributed by atoms with Crippen molar-refractivity contribution in [3.05, 3.63) is 21.9 Å². The van der Waals surface area contributed by atoms with E-state index >= 15 is 0 Å². The predicted molar refractivity (Wildman–Crippen MR) is 79.7 cm³/mol. The minimum absolute atomic E-state index is 0.0822. The van der Waals surface area contributed by atoms with Crippen LogP contribution in [-0.2, 0) is 11.3 Å². The molecule has 21 heavy (non-hydrogen) atoms. The first kappa shape index (κ1) is 15.8. The van der Waals surface area contributed by atoms with Crippen LogP contribution < -0.4 is 10.6 Å². The van der Waals surface area contributed by atoms with E-state index in [1.165, 1.54) is 11.3 Å². The van der Waals surface area contributed by atoms with Gasteiger partial charge in [-0.05, 0) is 33.3 Å². The zero-order chi connectivity index (χ0) is 15.6. The molecule has 1 saturated carbocycles. The summed E-state index contributed by atoms with van der Waals surface area (Å²) in [5.74, 6) is -0.909. The quantitative estimate of drug-likeness (QED) is 0.776. The van der Waals surface area contributed by atoms with E-state index in [-0.39, 0.29) is 12.1 Å². The maximum atomic E-state index is 11.6. The normalized spacial score (nSPS) is 20.9. The van der Waals surface area contributed by atoms with Crippen LogP contribution in [0.15, 0.2) is 11.4 Å². The largest absolute Gasteiger partial charge is 0.478 e. The highest BCUT2D eigenvalue weighted by Crippen LogP contribution is 2.23. The van der Waals surface area contributed by atoms with E-state index < -0.39 is 17.7 Å². The summed E-state index contributed by atoms with van der Waals surface area (Å²) in [7, 11) is 0. The predicted octanol–water partition coefficient (Wildman–Crippen LogP) is 2.20. The molecule has 1 aliphatic carbocycles. The number of carboxylic acid groups (broad SMARTS) is 1.